The summed E-state index contributed by atoms with van der Waals surface area (Å²) < 4.78 is 25.7. The highest BCUT2D eigenvalue weighted by Gasteiger charge is 2.25. The van der Waals surface area contributed by atoms with Crippen LogP contribution in [0.1, 0.15) is 31.7 Å². The zero-order chi connectivity index (χ0) is 13.9. The van der Waals surface area contributed by atoms with Crippen molar-refractivity contribution in [3.63, 3.8) is 0 Å². The fourth-order valence-electron chi connectivity index (χ4n) is 1.87. The standard InChI is InChI=1S/C13H22N2O2S/c1-5-12(14)10(2)11-8-6-7-9-13(11)18(16,17)15(3)4/h6-10,12H,5,14H2,1-4H3. The molecule has 0 fully saturated rings. The van der Waals surface area contributed by atoms with E-state index < -0.39 is 10.0 Å². The van der Waals surface area contributed by atoms with Gasteiger partial charge in [-0.2, -0.15) is 0 Å². The Labute approximate surface area is 110 Å². The summed E-state index contributed by atoms with van der Waals surface area (Å²) in [5.74, 6) is 0.0147. The molecule has 0 aliphatic rings. The SMILES string of the molecule is CCC(N)C(C)c1ccccc1S(=O)(=O)N(C)C. The zero-order valence-corrected chi connectivity index (χ0v) is 12.2. The van der Waals surface area contributed by atoms with Gasteiger partial charge in [0.25, 0.3) is 0 Å². The van der Waals surface area contributed by atoms with E-state index in [1.165, 1.54) is 18.4 Å². The average Bonchev–Trinajstić information content (AvgIpc) is 2.36. The molecule has 1 rings (SSSR count). The van der Waals surface area contributed by atoms with Gasteiger partial charge >= 0.3 is 0 Å². The minimum Gasteiger partial charge on any atom is -0.327 e. The summed E-state index contributed by atoms with van der Waals surface area (Å²) in [7, 11) is -0.340. The van der Waals surface area contributed by atoms with Gasteiger partial charge in [0.1, 0.15) is 0 Å². The summed E-state index contributed by atoms with van der Waals surface area (Å²) in [6.45, 7) is 3.97. The van der Waals surface area contributed by atoms with Gasteiger partial charge in [-0.25, -0.2) is 12.7 Å². The highest BCUT2D eigenvalue weighted by molar-refractivity contribution is 7.89. The van der Waals surface area contributed by atoms with E-state index in [9.17, 15) is 8.42 Å². The summed E-state index contributed by atoms with van der Waals surface area (Å²) in [6.07, 6.45) is 0.817. The van der Waals surface area contributed by atoms with Gasteiger partial charge in [0, 0.05) is 20.1 Å². The lowest BCUT2D eigenvalue weighted by Gasteiger charge is -2.23. The quantitative estimate of drug-likeness (QED) is 0.887. The van der Waals surface area contributed by atoms with Gasteiger partial charge in [0.15, 0.2) is 0 Å². The molecule has 102 valence electrons. The second-order valence-electron chi connectivity index (χ2n) is 4.69. The second-order valence-corrected chi connectivity index (χ2v) is 6.81. The predicted molar refractivity (Wildman–Crippen MR) is 74.0 cm³/mol. The maximum atomic E-state index is 12.3. The largest absolute Gasteiger partial charge is 0.327 e. The maximum absolute atomic E-state index is 12.3. The molecule has 0 radical (unpaired) electrons. The van der Waals surface area contributed by atoms with Crippen molar-refractivity contribution < 1.29 is 8.42 Å². The van der Waals surface area contributed by atoms with Crippen LogP contribution in [0, 0.1) is 0 Å². The smallest absolute Gasteiger partial charge is 0.242 e. The molecule has 0 amide bonds. The number of nitrogens with zero attached hydrogens (tertiary/aromatic N) is 1. The normalized spacial score (nSPS) is 15.7. The first-order chi connectivity index (χ1) is 8.32. The van der Waals surface area contributed by atoms with E-state index in [0.29, 0.717) is 4.90 Å². The van der Waals surface area contributed by atoms with E-state index in [-0.39, 0.29) is 12.0 Å². The molecule has 0 spiro atoms. The minimum atomic E-state index is -3.42. The minimum absolute atomic E-state index is 0.0147. The van der Waals surface area contributed by atoms with Crippen LogP contribution < -0.4 is 5.73 Å². The van der Waals surface area contributed by atoms with Crippen LogP contribution in [0.5, 0.6) is 0 Å². The van der Waals surface area contributed by atoms with Crippen LogP contribution in [0.2, 0.25) is 0 Å². The Morgan fingerprint density at radius 2 is 1.83 bits per heavy atom. The molecule has 0 heterocycles. The number of hydrogen-bond donors (Lipinski definition) is 1. The molecular formula is C13H22N2O2S. The third kappa shape index (κ3) is 2.91. The van der Waals surface area contributed by atoms with E-state index in [0.717, 1.165) is 12.0 Å². The molecule has 2 unspecified atom stereocenters. The number of rotatable bonds is 5. The molecule has 0 saturated carbocycles. The van der Waals surface area contributed by atoms with Crippen molar-refractivity contribution in [2.45, 2.75) is 37.1 Å². The van der Waals surface area contributed by atoms with Crippen LogP contribution in [-0.2, 0) is 10.0 Å². The Hall–Kier alpha value is -0.910. The Kier molecular flexibility index (Phi) is 4.90. The molecule has 2 N–H and O–H groups in total. The second kappa shape index (κ2) is 5.82. The Bertz CT molecular complexity index is 497. The molecule has 0 aromatic heterocycles. The van der Waals surface area contributed by atoms with Gasteiger partial charge in [-0.05, 0) is 24.0 Å². The van der Waals surface area contributed by atoms with Crippen molar-refractivity contribution in [3.05, 3.63) is 29.8 Å². The fourth-order valence-corrected chi connectivity index (χ4v) is 3.07. The number of nitrogens with two attached hydrogens (primary N) is 1. The Morgan fingerprint density at radius 1 is 1.28 bits per heavy atom. The van der Waals surface area contributed by atoms with Crippen molar-refractivity contribution >= 4 is 10.0 Å². The van der Waals surface area contributed by atoms with Crippen molar-refractivity contribution in [2.24, 2.45) is 5.73 Å². The van der Waals surface area contributed by atoms with Gasteiger partial charge in [-0.1, -0.05) is 32.0 Å². The summed E-state index contributed by atoms with van der Waals surface area (Å²) >= 11 is 0. The van der Waals surface area contributed by atoms with Gasteiger partial charge in [-0.3, -0.25) is 0 Å². The summed E-state index contributed by atoms with van der Waals surface area (Å²) in [4.78, 5) is 0.353. The van der Waals surface area contributed by atoms with Crippen LogP contribution in [0.15, 0.2) is 29.2 Å². The van der Waals surface area contributed by atoms with E-state index in [4.69, 9.17) is 5.73 Å². The van der Waals surface area contributed by atoms with Crippen molar-refractivity contribution in [2.75, 3.05) is 14.1 Å². The molecule has 1 aromatic carbocycles. The molecule has 5 heteroatoms. The Balaban J connectivity index is 3.32. The lowest BCUT2D eigenvalue weighted by molar-refractivity contribution is 0.510. The lowest BCUT2D eigenvalue weighted by atomic mass is 9.92. The molecule has 4 nitrogen and oxygen atoms in total. The van der Waals surface area contributed by atoms with Crippen LogP contribution in [0.4, 0.5) is 0 Å². The molecule has 18 heavy (non-hydrogen) atoms. The van der Waals surface area contributed by atoms with Gasteiger partial charge < -0.3 is 5.73 Å². The average molecular weight is 270 g/mol. The fraction of sp³-hybridized carbons (Fsp3) is 0.538. The van der Waals surface area contributed by atoms with Crippen LogP contribution in [0.3, 0.4) is 0 Å². The highest BCUT2D eigenvalue weighted by Crippen LogP contribution is 2.27. The Morgan fingerprint density at radius 3 is 2.33 bits per heavy atom. The first-order valence-corrected chi connectivity index (χ1v) is 7.53. The van der Waals surface area contributed by atoms with Crippen LogP contribution in [-0.4, -0.2) is 32.9 Å². The van der Waals surface area contributed by atoms with Gasteiger partial charge in [0.05, 0.1) is 4.90 Å². The van der Waals surface area contributed by atoms with Crippen LogP contribution >= 0.6 is 0 Å². The number of sulfonamides is 1. The third-order valence-corrected chi connectivity index (χ3v) is 5.17. The van der Waals surface area contributed by atoms with Gasteiger partial charge in [-0.15, -0.1) is 0 Å². The molecule has 0 saturated heterocycles. The molecule has 0 bridgehead atoms. The maximum Gasteiger partial charge on any atom is 0.242 e. The molecular weight excluding hydrogens is 248 g/mol. The predicted octanol–water partition coefficient (Wildman–Crippen LogP) is 1.78. The first-order valence-electron chi connectivity index (χ1n) is 6.09. The summed E-state index contributed by atoms with van der Waals surface area (Å²) in [6, 6.07) is 7.04. The van der Waals surface area contributed by atoms with Crippen molar-refractivity contribution in [1.29, 1.82) is 0 Å². The summed E-state index contributed by atoms with van der Waals surface area (Å²) in [5, 5.41) is 0. The topological polar surface area (TPSA) is 63.4 Å². The first kappa shape index (κ1) is 15.1. The number of benzene rings is 1. The molecule has 0 aliphatic carbocycles. The van der Waals surface area contributed by atoms with E-state index in [2.05, 4.69) is 0 Å². The van der Waals surface area contributed by atoms with Crippen molar-refractivity contribution in [1.82, 2.24) is 4.31 Å². The van der Waals surface area contributed by atoms with E-state index >= 15 is 0 Å². The van der Waals surface area contributed by atoms with E-state index in [1.807, 2.05) is 26.0 Å². The number of hydrogen-bond acceptors (Lipinski definition) is 3. The van der Waals surface area contributed by atoms with Crippen molar-refractivity contribution in [3.8, 4) is 0 Å². The highest BCUT2D eigenvalue weighted by atomic mass is 32.2. The molecule has 1 aromatic rings. The third-order valence-electron chi connectivity index (χ3n) is 3.28. The lowest BCUT2D eigenvalue weighted by Crippen LogP contribution is -2.29. The van der Waals surface area contributed by atoms with Crippen LogP contribution in [0.25, 0.3) is 0 Å². The molecule has 0 aliphatic heterocycles. The van der Waals surface area contributed by atoms with Gasteiger partial charge in [0.2, 0.25) is 10.0 Å². The summed E-state index contributed by atoms with van der Waals surface area (Å²) in [5.41, 5.74) is 6.82. The van der Waals surface area contributed by atoms with E-state index in [1.54, 1.807) is 12.1 Å². The zero-order valence-electron chi connectivity index (χ0n) is 11.4. The molecule has 2 atom stereocenters. The monoisotopic (exact) mass is 270 g/mol.